The van der Waals surface area contributed by atoms with Gasteiger partial charge in [-0.25, -0.2) is 0 Å². The Balaban J connectivity index is 2.07. The van der Waals surface area contributed by atoms with Crippen LogP contribution in [-0.2, 0) is 11.3 Å². The zero-order chi connectivity index (χ0) is 15.4. The molecule has 1 amide bonds. The quantitative estimate of drug-likeness (QED) is 0.868. The van der Waals surface area contributed by atoms with E-state index in [1.54, 1.807) is 14.2 Å². The molecule has 1 aliphatic rings. The minimum atomic E-state index is -0.0609. The molecule has 0 saturated carbocycles. The van der Waals surface area contributed by atoms with Crippen LogP contribution in [-0.4, -0.2) is 43.7 Å². The maximum atomic E-state index is 12.4. The van der Waals surface area contributed by atoms with E-state index >= 15 is 0 Å². The number of hydrogen-bond donors (Lipinski definition) is 1. The van der Waals surface area contributed by atoms with Crippen LogP contribution in [0, 0.1) is 0 Å². The Bertz CT molecular complexity index is 502. The van der Waals surface area contributed by atoms with Crippen LogP contribution in [0.1, 0.15) is 25.8 Å². The van der Waals surface area contributed by atoms with Gasteiger partial charge in [0, 0.05) is 30.8 Å². The second kappa shape index (κ2) is 6.80. The van der Waals surface area contributed by atoms with E-state index in [-0.39, 0.29) is 11.9 Å². The number of benzene rings is 1. The Kier molecular flexibility index (Phi) is 5.07. The van der Waals surface area contributed by atoms with E-state index in [1.807, 2.05) is 23.1 Å². The molecule has 1 unspecified atom stereocenters. The Morgan fingerprint density at radius 1 is 1.33 bits per heavy atom. The van der Waals surface area contributed by atoms with Crippen LogP contribution in [0.4, 0.5) is 0 Å². The third kappa shape index (κ3) is 3.67. The van der Waals surface area contributed by atoms with Gasteiger partial charge >= 0.3 is 0 Å². The van der Waals surface area contributed by atoms with Crippen molar-refractivity contribution in [2.24, 2.45) is 0 Å². The van der Waals surface area contributed by atoms with Crippen LogP contribution in [0.5, 0.6) is 11.5 Å². The first-order valence-corrected chi connectivity index (χ1v) is 7.31. The Labute approximate surface area is 126 Å². The molecule has 1 aromatic rings. The molecule has 0 aromatic heterocycles. The number of carbonyl (C=O) groups is 1. The Morgan fingerprint density at radius 3 is 2.71 bits per heavy atom. The maximum absolute atomic E-state index is 12.4. The third-order valence-electron chi connectivity index (χ3n) is 3.69. The molecule has 116 valence electrons. The summed E-state index contributed by atoms with van der Waals surface area (Å²) in [6.07, 6.45) is 0.857. The lowest BCUT2D eigenvalue weighted by molar-refractivity contribution is -0.130. The zero-order valence-corrected chi connectivity index (χ0v) is 13.2. The number of methoxy groups -OCH3 is 2. The number of nitrogens with zero attached hydrogens (tertiary/aromatic N) is 1. The van der Waals surface area contributed by atoms with Crippen LogP contribution in [0.3, 0.4) is 0 Å². The number of rotatable bonds is 6. The van der Waals surface area contributed by atoms with Crippen molar-refractivity contribution in [2.45, 2.75) is 38.9 Å². The monoisotopic (exact) mass is 292 g/mol. The molecule has 1 aliphatic heterocycles. The van der Waals surface area contributed by atoms with Gasteiger partial charge in [-0.15, -0.1) is 0 Å². The summed E-state index contributed by atoms with van der Waals surface area (Å²) in [7, 11) is 3.26. The van der Waals surface area contributed by atoms with Gasteiger partial charge in [0.1, 0.15) is 11.5 Å². The molecular weight excluding hydrogens is 268 g/mol. The van der Waals surface area contributed by atoms with Crippen molar-refractivity contribution in [2.75, 3.05) is 20.8 Å². The Morgan fingerprint density at radius 2 is 2.10 bits per heavy atom. The van der Waals surface area contributed by atoms with Gasteiger partial charge in [-0.3, -0.25) is 4.79 Å². The summed E-state index contributed by atoms with van der Waals surface area (Å²) >= 11 is 0. The lowest BCUT2D eigenvalue weighted by Gasteiger charge is -2.20. The van der Waals surface area contributed by atoms with Gasteiger partial charge in [-0.2, -0.15) is 0 Å². The van der Waals surface area contributed by atoms with Crippen LogP contribution >= 0.6 is 0 Å². The number of likely N-dealkylation sites (tertiary alicyclic amines) is 1. The summed E-state index contributed by atoms with van der Waals surface area (Å²) in [5.41, 5.74) is 0.997. The van der Waals surface area contributed by atoms with Crippen molar-refractivity contribution in [3.8, 4) is 11.5 Å². The molecule has 5 heteroatoms. The minimum Gasteiger partial charge on any atom is -0.497 e. The van der Waals surface area contributed by atoms with Crippen molar-refractivity contribution < 1.29 is 14.3 Å². The van der Waals surface area contributed by atoms with E-state index in [0.29, 0.717) is 12.6 Å². The van der Waals surface area contributed by atoms with Crippen molar-refractivity contribution in [1.82, 2.24) is 10.2 Å². The van der Waals surface area contributed by atoms with Crippen LogP contribution in [0.25, 0.3) is 0 Å². The molecular formula is C16H24N2O3. The predicted octanol–water partition coefficient (Wildman–Crippen LogP) is 1.80. The second-order valence-corrected chi connectivity index (χ2v) is 5.60. The Hall–Kier alpha value is -1.75. The average Bonchev–Trinajstić information content (AvgIpc) is 2.80. The van der Waals surface area contributed by atoms with E-state index in [0.717, 1.165) is 30.0 Å². The molecule has 1 fully saturated rings. The van der Waals surface area contributed by atoms with Crippen molar-refractivity contribution in [3.05, 3.63) is 23.8 Å². The standard InChI is InChI=1S/C16H24N2O3/c1-11(2)17-14-7-8-18(16(14)19)10-12-5-6-13(20-3)9-15(12)21-4/h5-6,9,11,14,17H,7-8,10H2,1-4H3. The number of amides is 1. The van der Waals surface area contributed by atoms with E-state index in [4.69, 9.17) is 9.47 Å². The second-order valence-electron chi connectivity index (χ2n) is 5.60. The zero-order valence-electron chi connectivity index (χ0n) is 13.2. The molecule has 1 N–H and O–H groups in total. The molecule has 5 nitrogen and oxygen atoms in total. The van der Waals surface area contributed by atoms with Crippen molar-refractivity contribution >= 4 is 5.91 Å². The molecule has 0 aliphatic carbocycles. The molecule has 1 atom stereocenters. The van der Waals surface area contributed by atoms with E-state index in [1.165, 1.54) is 0 Å². The smallest absolute Gasteiger partial charge is 0.240 e. The summed E-state index contributed by atoms with van der Waals surface area (Å²) in [5.74, 6) is 1.67. The van der Waals surface area contributed by atoms with Crippen LogP contribution in [0.2, 0.25) is 0 Å². The summed E-state index contributed by atoms with van der Waals surface area (Å²) in [6, 6.07) is 5.94. The molecule has 2 rings (SSSR count). The SMILES string of the molecule is COc1ccc(CN2CCC(NC(C)C)C2=O)c(OC)c1. The number of nitrogens with one attached hydrogen (secondary N) is 1. The van der Waals surface area contributed by atoms with Crippen LogP contribution < -0.4 is 14.8 Å². The number of carbonyl (C=O) groups excluding carboxylic acids is 1. The van der Waals surface area contributed by atoms with Gasteiger partial charge in [0.2, 0.25) is 5.91 Å². The molecule has 21 heavy (non-hydrogen) atoms. The molecule has 1 heterocycles. The molecule has 0 spiro atoms. The highest BCUT2D eigenvalue weighted by Gasteiger charge is 2.32. The highest BCUT2D eigenvalue weighted by atomic mass is 16.5. The lowest BCUT2D eigenvalue weighted by Crippen LogP contribution is -2.41. The fourth-order valence-electron chi connectivity index (χ4n) is 2.64. The van der Waals surface area contributed by atoms with E-state index in [2.05, 4.69) is 19.2 Å². The van der Waals surface area contributed by atoms with Crippen molar-refractivity contribution in [3.63, 3.8) is 0 Å². The number of hydrogen-bond acceptors (Lipinski definition) is 4. The topological polar surface area (TPSA) is 50.8 Å². The maximum Gasteiger partial charge on any atom is 0.240 e. The third-order valence-corrected chi connectivity index (χ3v) is 3.69. The first-order chi connectivity index (χ1) is 10.0. The normalized spacial score (nSPS) is 18.4. The van der Waals surface area contributed by atoms with Gasteiger partial charge in [0.15, 0.2) is 0 Å². The first-order valence-electron chi connectivity index (χ1n) is 7.31. The summed E-state index contributed by atoms with van der Waals surface area (Å²) in [4.78, 5) is 14.2. The van der Waals surface area contributed by atoms with Crippen LogP contribution in [0.15, 0.2) is 18.2 Å². The molecule has 0 radical (unpaired) electrons. The number of ether oxygens (including phenoxy) is 2. The summed E-state index contributed by atoms with van der Waals surface area (Å²) in [5, 5.41) is 3.31. The minimum absolute atomic E-state index is 0.0609. The summed E-state index contributed by atoms with van der Waals surface area (Å²) < 4.78 is 10.6. The van der Waals surface area contributed by atoms with Gasteiger partial charge in [0.05, 0.1) is 20.3 Å². The average molecular weight is 292 g/mol. The van der Waals surface area contributed by atoms with E-state index in [9.17, 15) is 4.79 Å². The first kappa shape index (κ1) is 15.6. The van der Waals surface area contributed by atoms with Gasteiger partial charge in [0.25, 0.3) is 0 Å². The molecule has 0 bridgehead atoms. The fraction of sp³-hybridized carbons (Fsp3) is 0.562. The largest absolute Gasteiger partial charge is 0.497 e. The van der Waals surface area contributed by atoms with Gasteiger partial charge in [-0.05, 0) is 18.6 Å². The van der Waals surface area contributed by atoms with Gasteiger partial charge in [-0.1, -0.05) is 13.8 Å². The highest BCUT2D eigenvalue weighted by Crippen LogP contribution is 2.27. The highest BCUT2D eigenvalue weighted by molar-refractivity contribution is 5.84. The predicted molar refractivity (Wildman–Crippen MR) is 81.6 cm³/mol. The molecule has 1 aromatic carbocycles. The molecule has 1 saturated heterocycles. The van der Waals surface area contributed by atoms with Crippen molar-refractivity contribution in [1.29, 1.82) is 0 Å². The fourth-order valence-corrected chi connectivity index (χ4v) is 2.64. The lowest BCUT2D eigenvalue weighted by atomic mass is 10.1. The summed E-state index contributed by atoms with van der Waals surface area (Å²) in [6.45, 7) is 5.46. The van der Waals surface area contributed by atoms with E-state index < -0.39 is 0 Å². The van der Waals surface area contributed by atoms with Gasteiger partial charge < -0.3 is 19.7 Å².